The van der Waals surface area contributed by atoms with Crippen molar-refractivity contribution in [2.24, 2.45) is 7.05 Å². The van der Waals surface area contributed by atoms with Crippen molar-refractivity contribution >= 4 is 17.6 Å². The van der Waals surface area contributed by atoms with Crippen LogP contribution in [0.5, 0.6) is 11.5 Å². The van der Waals surface area contributed by atoms with Crippen LogP contribution in [0.3, 0.4) is 0 Å². The first kappa shape index (κ1) is 14.7. The lowest BCUT2D eigenvalue weighted by atomic mass is 9.87. The summed E-state index contributed by atoms with van der Waals surface area (Å²) in [4.78, 5) is 24.4. The van der Waals surface area contributed by atoms with Gasteiger partial charge in [0, 0.05) is 24.7 Å². The lowest BCUT2D eigenvalue weighted by Gasteiger charge is -2.25. The number of phenolic OH excluding ortho intramolecular Hbond substituents is 1. The van der Waals surface area contributed by atoms with Gasteiger partial charge in [-0.2, -0.15) is 0 Å². The van der Waals surface area contributed by atoms with E-state index in [1.807, 2.05) is 0 Å². The third kappa shape index (κ3) is 2.27. The van der Waals surface area contributed by atoms with Crippen molar-refractivity contribution in [2.75, 3.05) is 0 Å². The number of phenols is 1. The summed E-state index contributed by atoms with van der Waals surface area (Å²) in [6, 6.07) is 6.37. The Kier molecular flexibility index (Phi) is 3.45. The van der Waals surface area contributed by atoms with Gasteiger partial charge in [-0.25, -0.2) is 0 Å². The Hall–Kier alpha value is -2.27. The Morgan fingerprint density at radius 3 is 2.73 bits per heavy atom. The molecule has 0 unspecified atom stereocenters. The molecule has 5 nitrogen and oxygen atoms in total. The maximum absolute atomic E-state index is 12.6. The number of hydrogen-bond donors (Lipinski definition) is 1. The summed E-state index contributed by atoms with van der Waals surface area (Å²) in [5, 5.41) is 9.72. The molecule has 2 heterocycles. The van der Waals surface area contributed by atoms with E-state index >= 15 is 0 Å². The number of carbonyl (C=O) groups is 1. The first-order chi connectivity index (χ1) is 10.4. The zero-order valence-corrected chi connectivity index (χ0v) is 12.8. The van der Waals surface area contributed by atoms with Gasteiger partial charge in [0.1, 0.15) is 11.5 Å². The van der Waals surface area contributed by atoms with Crippen molar-refractivity contribution < 1.29 is 14.6 Å². The molecule has 6 heteroatoms. The number of esters is 1. The Labute approximate surface area is 131 Å². The number of rotatable bonds is 1. The molecule has 22 heavy (non-hydrogen) atoms. The zero-order chi connectivity index (χ0) is 16.0. The van der Waals surface area contributed by atoms with Crippen LogP contribution in [0.25, 0.3) is 0 Å². The van der Waals surface area contributed by atoms with E-state index in [1.54, 1.807) is 32.2 Å². The summed E-state index contributed by atoms with van der Waals surface area (Å²) in [6.45, 7) is 1.77. The minimum absolute atomic E-state index is 0.0409. The fraction of sp³-hybridized carbons (Fsp3) is 0.250. The molecule has 1 aromatic heterocycles. The van der Waals surface area contributed by atoms with Gasteiger partial charge in [0.05, 0.1) is 17.0 Å². The number of fused-ring (bicyclic) bond motifs is 1. The number of carbonyl (C=O) groups excluding carboxylic acids is 1. The van der Waals surface area contributed by atoms with E-state index in [4.69, 9.17) is 16.3 Å². The third-order valence-corrected chi connectivity index (χ3v) is 4.29. The van der Waals surface area contributed by atoms with E-state index < -0.39 is 11.9 Å². The van der Waals surface area contributed by atoms with Crippen molar-refractivity contribution in [3.63, 3.8) is 0 Å². The predicted molar refractivity (Wildman–Crippen MR) is 81.6 cm³/mol. The maximum atomic E-state index is 12.6. The molecule has 0 amide bonds. The average Bonchev–Trinajstić information content (AvgIpc) is 2.46. The number of aryl methyl sites for hydroxylation is 1. The van der Waals surface area contributed by atoms with E-state index in [9.17, 15) is 14.7 Å². The highest BCUT2D eigenvalue weighted by Crippen LogP contribution is 2.38. The first-order valence-electron chi connectivity index (χ1n) is 6.78. The SMILES string of the molecule is Cc1cc2c(c(=O)n1C)[C@@H](c1ccc(O)c(Cl)c1)CC(=O)O2. The van der Waals surface area contributed by atoms with Crippen LogP contribution in [0.4, 0.5) is 0 Å². The van der Waals surface area contributed by atoms with E-state index in [1.165, 1.54) is 10.6 Å². The third-order valence-electron chi connectivity index (χ3n) is 3.99. The Balaban J connectivity index is 2.23. The number of benzene rings is 1. The van der Waals surface area contributed by atoms with E-state index in [-0.39, 0.29) is 22.8 Å². The molecule has 2 aromatic rings. The summed E-state index contributed by atoms with van der Waals surface area (Å²) in [5.41, 5.74) is 1.65. The highest BCUT2D eigenvalue weighted by atomic mass is 35.5. The van der Waals surface area contributed by atoms with Crippen molar-refractivity contribution in [1.29, 1.82) is 0 Å². The standard InChI is InChI=1S/C16H14ClNO4/c1-8-5-13-15(16(21)18(8)2)10(7-14(20)22-13)9-3-4-12(19)11(17)6-9/h3-6,10,19H,7H2,1-2H3/t10-/m1/s1. The molecule has 0 aliphatic carbocycles. The Morgan fingerprint density at radius 1 is 1.32 bits per heavy atom. The number of halogens is 1. The van der Waals surface area contributed by atoms with Crippen molar-refractivity contribution in [3.8, 4) is 11.5 Å². The highest BCUT2D eigenvalue weighted by molar-refractivity contribution is 6.32. The van der Waals surface area contributed by atoms with Gasteiger partial charge in [-0.05, 0) is 24.6 Å². The minimum Gasteiger partial charge on any atom is -0.506 e. The topological polar surface area (TPSA) is 68.5 Å². The van der Waals surface area contributed by atoms with E-state index in [0.717, 1.165) is 0 Å². The van der Waals surface area contributed by atoms with Gasteiger partial charge in [-0.3, -0.25) is 9.59 Å². The first-order valence-corrected chi connectivity index (χ1v) is 7.16. The number of ether oxygens (including phenoxy) is 1. The van der Waals surface area contributed by atoms with Crippen molar-refractivity contribution in [3.05, 3.63) is 56.5 Å². The molecule has 0 bridgehead atoms. The molecular weight excluding hydrogens is 306 g/mol. The van der Waals surface area contributed by atoms with Gasteiger partial charge < -0.3 is 14.4 Å². The lowest BCUT2D eigenvalue weighted by Crippen LogP contribution is -2.31. The summed E-state index contributed by atoms with van der Waals surface area (Å²) in [5.74, 6) is -0.574. The predicted octanol–water partition coefficient (Wildman–Crippen LogP) is 2.49. The van der Waals surface area contributed by atoms with Gasteiger partial charge in [0.2, 0.25) is 0 Å². The number of hydrogen-bond acceptors (Lipinski definition) is 4. The monoisotopic (exact) mass is 319 g/mol. The van der Waals surface area contributed by atoms with E-state index in [2.05, 4.69) is 0 Å². The van der Waals surface area contributed by atoms with Gasteiger partial charge >= 0.3 is 5.97 Å². The average molecular weight is 320 g/mol. The summed E-state index contributed by atoms with van der Waals surface area (Å²) in [6.07, 6.45) is 0.0619. The molecule has 1 atom stereocenters. The molecule has 1 aliphatic heterocycles. The Bertz CT molecular complexity index is 841. The van der Waals surface area contributed by atoms with Crippen LogP contribution in [0, 0.1) is 6.92 Å². The largest absolute Gasteiger partial charge is 0.506 e. The molecular formula is C16H14ClNO4. The molecule has 0 saturated heterocycles. The summed E-state index contributed by atoms with van der Waals surface area (Å²) >= 11 is 5.94. The molecule has 0 radical (unpaired) electrons. The molecule has 1 N–H and O–H groups in total. The van der Waals surface area contributed by atoms with Gasteiger partial charge in [-0.15, -0.1) is 0 Å². The molecule has 0 saturated carbocycles. The second kappa shape index (κ2) is 5.18. The molecule has 1 aromatic carbocycles. The van der Waals surface area contributed by atoms with Crippen LogP contribution in [0.2, 0.25) is 5.02 Å². The number of pyridine rings is 1. The van der Waals surface area contributed by atoms with Gasteiger partial charge in [-0.1, -0.05) is 17.7 Å². The molecule has 1 aliphatic rings. The van der Waals surface area contributed by atoms with Gasteiger partial charge in [0.25, 0.3) is 5.56 Å². The van der Waals surface area contributed by atoms with Crippen molar-refractivity contribution in [1.82, 2.24) is 4.57 Å². The number of aromatic nitrogens is 1. The minimum atomic E-state index is -0.436. The molecule has 0 spiro atoms. The molecule has 3 rings (SSSR count). The quantitative estimate of drug-likeness (QED) is 0.820. The van der Waals surface area contributed by atoms with Crippen LogP contribution >= 0.6 is 11.6 Å². The highest BCUT2D eigenvalue weighted by Gasteiger charge is 2.32. The maximum Gasteiger partial charge on any atom is 0.312 e. The second-order valence-corrected chi connectivity index (χ2v) is 5.78. The normalized spacial score (nSPS) is 17.0. The van der Waals surface area contributed by atoms with Crippen LogP contribution < -0.4 is 10.3 Å². The summed E-state index contributed by atoms with van der Waals surface area (Å²) < 4.78 is 6.74. The van der Waals surface area contributed by atoms with E-state index in [0.29, 0.717) is 22.6 Å². The van der Waals surface area contributed by atoms with Crippen LogP contribution in [0.1, 0.15) is 29.2 Å². The number of aromatic hydroxyl groups is 1. The Morgan fingerprint density at radius 2 is 2.05 bits per heavy atom. The fourth-order valence-electron chi connectivity index (χ4n) is 2.67. The molecule has 0 fully saturated rings. The fourth-order valence-corrected chi connectivity index (χ4v) is 2.86. The zero-order valence-electron chi connectivity index (χ0n) is 12.1. The second-order valence-electron chi connectivity index (χ2n) is 5.37. The number of nitrogens with zero attached hydrogens (tertiary/aromatic N) is 1. The molecule has 114 valence electrons. The smallest absolute Gasteiger partial charge is 0.312 e. The van der Waals surface area contributed by atoms with Gasteiger partial charge in [0.15, 0.2) is 0 Å². The summed E-state index contributed by atoms with van der Waals surface area (Å²) in [7, 11) is 1.68. The van der Waals surface area contributed by atoms with Crippen LogP contribution in [0.15, 0.2) is 29.1 Å². The van der Waals surface area contributed by atoms with Crippen LogP contribution in [-0.2, 0) is 11.8 Å². The lowest BCUT2D eigenvalue weighted by molar-refractivity contribution is -0.135. The van der Waals surface area contributed by atoms with Crippen molar-refractivity contribution in [2.45, 2.75) is 19.3 Å². The van der Waals surface area contributed by atoms with Crippen LogP contribution in [-0.4, -0.2) is 15.6 Å².